The number of ether oxygens (including phenoxy) is 1. The van der Waals surface area contributed by atoms with Crippen molar-refractivity contribution in [2.75, 3.05) is 26.3 Å². The van der Waals surface area contributed by atoms with Gasteiger partial charge in [0.2, 0.25) is 0 Å². The van der Waals surface area contributed by atoms with Crippen LogP contribution in [0, 0.1) is 5.41 Å². The van der Waals surface area contributed by atoms with Crippen LogP contribution in [0.4, 0.5) is 0 Å². The van der Waals surface area contributed by atoms with Crippen molar-refractivity contribution in [2.45, 2.75) is 32.6 Å². The van der Waals surface area contributed by atoms with Gasteiger partial charge < -0.3 is 10.1 Å². The maximum Gasteiger partial charge on any atom is 0.0624 e. The van der Waals surface area contributed by atoms with Gasteiger partial charge in [0, 0.05) is 19.8 Å². The molecule has 0 atom stereocenters. The van der Waals surface area contributed by atoms with Crippen LogP contribution in [0.3, 0.4) is 0 Å². The van der Waals surface area contributed by atoms with E-state index in [4.69, 9.17) is 27.9 Å². The molecule has 0 saturated carbocycles. The normalized spacial score (nSPS) is 18.1. The van der Waals surface area contributed by atoms with Crippen LogP contribution in [-0.2, 0) is 11.2 Å². The van der Waals surface area contributed by atoms with Gasteiger partial charge in [0.15, 0.2) is 0 Å². The maximum absolute atomic E-state index is 6.35. The molecule has 1 aliphatic rings. The van der Waals surface area contributed by atoms with Gasteiger partial charge in [0.05, 0.1) is 10.0 Å². The first-order valence-electron chi connectivity index (χ1n) is 7.38. The van der Waals surface area contributed by atoms with E-state index in [1.54, 1.807) is 0 Å². The van der Waals surface area contributed by atoms with Crippen LogP contribution in [0.1, 0.15) is 31.7 Å². The molecule has 2 rings (SSSR count). The van der Waals surface area contributed by atoms with Crippen LogP contribution >= 0.6 is 23.2 Å². The third-order valence-electron chi connectivity index (χ3n) is 4.08. The Balaban J connectivity index is 2.12. The molecule has 1 aliphatic heterocycles. The topological polar surface area (TPSA) is 21.3 Å². The first kappa shape index (κ1) is 16.1. The summed E-state index contributed by atoms with van der Waals surface area (Å²) in [6, 6.07) is 5.92. The monoisotopic (exact) mass is 315 g/mol. The Morgan fingerprint density at radius 1 is 1.25 bits per heavy atom. The zero-order valence-electron chi connectivity index (χ0n) is 12.1. The maximum atomic E-state index is 6.35. The number of benzene rings is 1. The third kappa shape index (κ3) is 4.11. The highest BCUT2D eigenvalue weighted by molar-refractivity contribution is 6.42. The van der Waals surface area contributed by atoms with E-state index in [0.29, 0.717) is 10.0 Å². The summed E-state index contributed by atoms with van der Waals surface area (Å²) in [6.45, 7) is 5.95. The molecule has 2 nitrogen and oxygen atoms in total. The summed E-state index contributed by atoms with van der Waals surface area (Å²) < 4.78 is 5.54. The Labute approximate surface area is 131 Å². The average molecular weight is 316 g/mol. The van der Waals surface area contributed by atoms with Crippen molar-refractivity contribution in [2.24, 2.45) is 5.41 Å². The van der Waals surface area contributed by atoms with Crippen molar-refractivity contribution in [1.82, 2.24) is 5.32 Å². The molecule has 1 aromatic rings. The summed E-state index contributed by atoms with van der Waals surface area (Å²) in [4.78, 5) is 0. The lowest BCUT2D eigenvalue weighted by atomic mass is 9.75. The highest BCUT2D eigenvalue weighted by Crippen LogP contribution is 2.37. The van der Waals surface area contributed by atoms with Crippen molar-refractivity contribution in [3.63, 3.8) is 0 Å². The molecule has 0 spiro atoms. The second-order valence-electron chi connectivity index (χ2n) is 5.68. The molecule has 4 heteroatoms. The fraction of sp³-hybridized carbons (Fsp3) is 0.625. The highest BCUT2D eigenvalue weighted by atomic mass is 35.5. The fourth-order valence-corrected chi connectivity index (χ4v) is 3.23. The van der Waals surface area contributed by atoms with Crippen molar-refractivity contribution in [3.05, 3.63) is 33.8 Å². The molecule has 1 heterocycles. The van der Waals surface area contributed by atoms with Crippen molar-refractivity contribution in [1.29, 1.82) is 0 Å². The Hall–Kier alpha value is -0.280. The van der Waals surface area contributed by atoms with Crippen molar-refractivity contribution < 1.29 is 4.74 Å². The summed E-state index contributed by atoms with van der Waals surface area (Å²) in [5.41, 5.74) is 1.39. The minimum atomic E-state index is 0.238. The van der Waals surface area contributed by atoms with Gasteiger partial charge in [-0.3, -0.25) is 0 Å². The largest absolute Gasteiger partial charge is 0.381 e. The van der Waals surface area contributed by atoms with Gasteiger partial charge in [-0.1, -0.05) is 42.3 Å². The quantitative estimate of drug-likeness (QED) is 0.789. The second kappa shape index (κ2) is 7.65. The van der Waals surface area contributed by atoms with Gasteiger partial charge in [0.25, 0.3) is 0 Å². The molecule has 0 bridgehead atoms. The Morgan fingerprint density at radius 3 is 2.70 bits per heavy atom. The van der Waals surface area contributed by atoms with E-state index in [-0.39, 0.29) is 5.41 Å². The van der Waals surface area contributed by atoms with E-state index in [9.17, 15) is 0 Å². The van der Waals surface area contributed by atoms with Gasteiger partial charge in [-0.25, -0.2) is 0 Å². The van der Waals surface area contributed by atoms with Crippen molar-refractivity contribution >= 4 is 23.2 Å². The Morgan fingerprint density at radius 2 is 2.00 bits per heavy atom. The number of halogens is 2. The SMILES string of the molecule is CCCNCC1(Cc2cccc(Cl)c2Cl)CCOCC1. The highest BCUT2D eigenvalue weighted by Gasteiger charge is 2.33. The summed E-state index contributed by atoms with van der Waals surface area (Å²) in [5, 5.41) is 4.92. The zero-order chi connectivity index (χ0) is 14.4. The molecule has 112 valence electrons. The van der Waals surface area contributed by atoms with Crippen LogP contribution in [0.2, 0.25) is 10.0 Å². The predicted molar refractivity (Wildman–Crippen MR) is 85.8 cm³/mol. The van der Waals surface area contributed by atoms with Crippen LogP contribution in [-0.4, -0.2) is 26.3 Å². The zero-order valence-corrected chi connectivity index (χ0v) is 13.6. The van der Waals surface area contributed by atoms with Crippen LogP contribution in [0.15, 0.2) is 18.2 Å². The summed E-state index contributed by atoms with van der Waals surface area (Å²) in [5.74, 6) is 0. The van der Waals surface area contributed by atoms with Gasteiger partial charge in [-0.2, -0.15) is 0 Å². The van der Waals surface area contributed by atoms with Crippen LogP contribution in [0.5, 0.6) is 0 Å². The van der Waals surface area contributed by atoms with Crippen molar-refractivity contribution in [3.8, 4) is 0 Å². The molecule has 1 fully saturated rings. The van der Waals surface area contributed by atoms with E-state index in [0.717, 1.165) is 57.6 Å². The fourth-order valence-electron chi connectivity index (χ4n) is 2.84. The Bertz CT molecular complexity index is 430. The van der Waals surface area contributed by atoms with E-state index < -0.39 is 0 Å². The first-order valence-corrected chi connectivity index (χ1v) is 8.14. The summed E-state index contributed by atoms with van der Waals surface area (Å²) in [6.07, 6.45) is 4.27. The molecule has 0 unspecified atom stereocenters. The number of hydrogen-bond donors (Lipinski definition) is 1. The van der Waals surface area contributed by atoms with Gasteiger partial charge in [0.1, 0.15) is 0 Å². The minimum Gasteiger partial charge on any atom is -0.381 e. The van der Waals surface area contributed by atoms with E-state index in [1.165, 1.54) is 0 Å². The molecule has 0 radical (unpaired) electrons. The lowest BCUT2D eigenvalue weighted by molar-refractivity contribution is 0.0150. The molecular formula is C16H23Cl2NO. The average Bonchev–Trinajstić information content (AvgIpc) is 2.45. The standard InChI is InChI=1S/C16H23Cl2NO/c1-2-8-19-12-16(6-9-20-10-7-16)11-13-4-3-5-14(17)15(13)18/h3-5,19H,2,6-12H2,1H3. The minimum absolute atomic E-state index is 0.238. The molecule has 20 heavy (non-hydrogen) atoms. The molecule has 0 aliphatic carbocycles. The van der Waals surface area contributed by atoms with E-state index in [1.807, 2.05) is 12.1 Å². The van der Waals surface area contributed by atoms with Gasteiger partial charge >= 0.3 is 0 Å². The molecule has 0 amide bonds. The Kier molecular flexibility index (Phi) is 6.16. The number of nitrogens with one attached hydrogen (secondary N) is 1. The summed E-state index contributed by atoms with van der Waals surface area (Å²) in [7, 11) is 0. The molecule has 0 aromatic heterocycles. The van der Waals surface area contributed by atoms with Crippen LogP contribution in [0.25, 0.3) is 0 Å². The number of rotatable bonds is 6. The molecular weight excluding hydrogens is 293 g/mol. The molecule has 1 saturated heterocycles. The van der Waals surface area contributed by atoms with E-state index in [2.05, 4.69) is 18.3 Å². The number of hydrogen-bond acceptors (Lipinski definition) is 2. The molecule has 1 aromatic carbocycles. The lowest BCUT2D eigenvalue weighted by Crippen LogP contribution is -2.41. The van der Waals surface area contributed by atoms with Gasteiger partial charge in [-0.15, -0.1) is 0 Å². The van der Waals surface area contributed by atoms with Crippen LogP contribution < -0.4 is 5.32 Å². The second-order valence-corrected chi connectivity index (χ2v) is 6.46. The first-order chi connectivity index (χ1) is 9.67. The predicted octanol–water partition coefficient (Wildman–Crippen LogP) is 4.33. The smallest absolute Gasteiger partial charge is 0.0624 e. The third-order valence-corrected chi connectivity index (χ3v) is 4.94. The van der Waals surface area contributed by atoms with Gasteiger partial charge in [-0.05, 0) is 49.3 Å². The summed E-state index contributed by atoms with van der Waals surface area (Å²) >= 11 is 12.5. The molecule has 1 N–H and O–H groups in total. The van der Waals surface area contributed by atoms with E-state index >= 15 is 0 Å². The lowest BCUT2D eigenvalue weighted by Gasteiger charge is -2.38.